The Bertz CT molecular complexity index is 1540. The Morgan fingerprint density at radius 2 is 1.23 bits per heavy atom. The number of nitro groups is 1. The lowest BCUT2D eigenvalue weighted by Crippen LogP contribution is -2.34. The molecular weight excluding hydrogens is 508 g/mol. The molecule has 1 heterocycles. The van der Waals surface area contributed by atoms with E-state index in [1.807, 2.05) is 67.6 Å². The van der Waals surface area contributed by atoms with Gasteiger partial charge >= 0.3 is 0 Å². The van der Waals surface area contributed by atoms with E-state index >= 15 is 0 Å². The maximum absolute atomic E-state index is 14.0. The Morgan fingerprint density at radius 3 is 1.65 bits per heavy atom. The molecule has 2 amide bonds. The third kappa shape index (κ3) is 3.74. The summed E-state index contributed by atoms with van der Waals surface area (Å²) in [5, 5.41) is 11.9. The zero-order valence-electron chi connectivity index (χ0n) is 22.6. The molecule has 1 saturated carbocycles. The maximum atomic E-state index is 14.0. The van der Waals surface area contributed by atoms with E-state index in [1.165, 1.54) is 6.07 Å². The maximum Gasteiger partial charge on any atom is 0.293 e. The minimum atomic E-state index is -0.620. The summed E-state index contributed by atoms with van der Waals surface area (Å²) < 4.78 is 10.7. The van der Waals surface area contributed by atoms with Gasteiger partial charge in [-0.25, -0.2) is 4.90 Å². The third-order valence-corrected chi connectivity index (χ3v) is 8.49. The van der Waals surface area contributed by atoms with Crippen molar-refractivity contribution in [2.24, 2.45) is 23.7 Å². The largest absolute Gasteiger partial charge is 0.497 e. The first-order valence-electron chi connectivity index (χ1n) is 13.1. The van der Waals surface area contributed by atoms with Gasteiger partial charge in [-0.05, 0) is 77.6 Å². The molecule has 0 N–H and O–H groups in total. The number of rotatable bonds is 6. The number of aryl methyl sites for hydroxylation is 2. The van der Waals surface area contributed by atoms with Gasteiger partial charge in [-0.2, -0.15) is 0 Å². The van der Waals surface area contributed by atoms with Gasteiger partial charge in [0.15, 0.2) is 0 Å². The second-order valence-electron chi connectivity index (χ2n) is 10.5. The van der Waals surface area contributed by atoms with Crippen LogP contribution >= 0.6 is 0 Å². The second-order valence-corrected chi connectivity index (χ2v) is 10.5. The topological polar surface area (TPSA) is 99.0 Å². The van der Waals surface area contributed by atoms with Crippen molar-refractivity contribution in [3.63, 3.8) is 0 Å². The van der Waals surface area contributed by atoms with Crippen LogP contribution in [0.2, 0.25) is 0 Å². The molecule has 4 atom stereocenters. The summed E-state index contributed by atoms with van der Waals surface area (Å²) >= 11 is 0. The fraction of sp³-hybridized carbons (Fsp3) is 0.250. The zero-order valence-corrected chi connectivity index (χ0v) is 22.6. The molecule has 2 bridgehead atoms. The summed E-state index contributed by atoms with van der Waals surface area (Å²) in [7, 11) is 3.23. The molecule has 1 saturated heterocycles. The molecule has 0 spiro atoms. The van der Waals surface area contributed by atoms with Crippen LogP contribution in [0.1, 0.15) is 22.3 Å². The van der Waals surface area contributed by atoms with Gasteiger partial charge in [0.2, 0.25) is 11.8 Å². The van der Waals surface area contributed by atoms with Gasteiger partial charge in [-0.3, -0.25) is 19.7 Å². The van der Waals surface area contributed by atoms with Gasteiger partial charge in [0.1, 0.15) is 17.2 Å². The van der Waals surface area contributed by atoms with Crippen LogP contribution in [0.15, 0.2) is 78.4 Å². The highest BCUT2D eigenvalue weighted by Gasteiger charge is 2.63. The predicted molar refractivity (Wildman–Crippen MR) is 150 cm³/mol. The first-order chi connectivity index (χ1) is 19.2. The monoisotopic (exact) mass is 536 g/mol. The number of amides is 2. The molecule has 0 radical (unpaired) electrons. The van der Waals surface area contributed by atoms with E-state index in [4.69, 9.17) is 9.47 Å². The van der Waals surface area contributed by atoms with Crippen molar-refractivity contribution in [3.8, 4) is 11.5 Å². The number of fused-ring (bicyclic) bond motifs is 5. The number of ether oxygens (including phenoxy) is 2. The number of anilines is 1. The molecule has 1 aliphatic heterocycles. The smallest absolute Gasteiger partial charge is 0.293 e. The third-order valence-electron chi connectivity index (χ3n) is 8.49. The van der Waals surface area contributed by atoms with E-state index in [0.29, 0.717) is 0 Å². The Labute approximate surface area is 231 Å². The lowest BCUT2D eigenvalue weighted by atomic mass is 9.85. The van der Waals surface area contributed by atoms with Crippen molar-refractivity contribution < 1.29 is 24.0 Å². The van der Waals surface area contributed by atoms with Gasteiger partial charge < -0.3 is 9.47 Å². The van der Waals surface area contributed by atoms with Crippen molar-refractivity contribution in [1.29, 1.82) is 0 Å². The van der Waals surface area contributed by atoms with Crippen LogP contribution in [0.4, 0.5) is 11.4 Å². The van der Waals surface area contributed by atoms with E-state index in [0.717, 1.165) is 49.8 Å². The number of imide groups is 1. The lowest BCUT2D eigenvalue weighted by Gasteiger charge is -2.22. The zero-order chi connectivity index (χ0) is 28.3. The highest BCUT2D eigenvalue weighted by atomic mass is 16.6. The fourth-order valence-corrected chi connectivity index (χ4v) is 6.46. The molecular formula is C32H28N2O6. The fourth-order valence-electron chi connectivity index (χ4n) is 6.46. The number of nitro benzene ring substituents is 1. The minimum absolute atomic E-state index is 0.0490. The molecule has 0 unspecified atom stereocenters. The van der Waals surface area contributed by atoms with Gasteiger partial charge in [0.25, 0.3) is 5.69 Å². The SMILES string of the molecule is COc1ccc(C(=C2[C@H]3C=C[C@H]2[C@@H]2C(=O)N(c4cc(C)c(C)cc4[N+](=O)[O-])C(=O)[C@H]23)c2ccc(OC)cc2)cc1. The molecule has 2 aliphatic carbocycles. The Balaban J connectivity index is 1.48. The normalized spacial score (nSPS) is 22.6. The quantitative estimate of drug-likeness (QED) is 0.175. The van der Waals surface area contributed by atoms with Crippen LogP contribution in [-0.2, 0) is 9.59 Å². The molecule has 40 heavy (non-hydrogen) atoms. The Morgan fingerprint density at radius 1 is 0.775 bits per heavy atom. The molecule has 8 nitrogen and oxygen atoms in total. The number of carbonyl (C=O) groups is 2. The average molecular weight is 537 g/mol. The molecule has 3 aliphatic rings. The summed E-state index contributed by atoms with van der Waals surface area (Å²) in [4.78, 5) is 40.4. The highest BCUT2D eigenvalue weighted by molar-refractivity contribution is 6.24. The molecule has 8 heteroatoms. The molecule has 3 aromatic rings. The molecule has 3 aromatic carbocycles. The van der Waals surface area contributed by atoms with Gasteiger partial charge in [0, 0.05) is 17.9 Å². The van der Waals surface area contributed by atoms with E-state index < -0.39 is 16.8 Å². The van der Waals surface area contributed by atoms with Crippen molar-refractivity contribution in [1.82, 2.24) is 0 Å². The number of hydrogen-bond donors (Lipinski definition) is 0. The van der Waals surface area contributed by atoms with Crippen molar-refractivity contribution >= 4 is 28.8 Å². The van der Waals surface area contributed by atoms with Crippen molar-refractivity contribution in [2.45, 2.75) is 13.8 Å². The van der Waals surface area contributed by atoms with Gasteiger partial charge in [-0.15, -0.1) is 0 Å². The van der Waals surface area contributed by atoms with E-state index in [-0.39, 0.29) is 35.0 Å². The average Bonchev–Trinajstić information content (AvgIpc) is 3.59. The van der Waals surface area contributed by atoms with Gasteiger partial charge in [0.05, 0.1) is 31.0 Å². The summed E-state index contributed by atoms with van der Waals surface area (Å²) in [5.41, 5.74) is 5.19. The number of hydrogen-bond acceptors (Lipinski definition) is 6. The summed E-state index contributed by atoms with van der Waals surface area (Å²) in [6.07, 6.45) is 4.02. The van der Waals surface area contributed by atoms with Crippen molar-refractivity contribution in [2.75, 3.05) is 19.1 Å². The molecule has 202 valence electrons. The minimum Gasteiger partial charge on any atom is -0.497 e. The highest BCUT2D eigenvalue weighted by Crippen LogP contribution is 2.59. The molecule has 0 aromatic heterocycles. The van der Waals surface area contributed by atoms with Crippen LogP contribution in [0.5, 0.6) is 11.5 Å². The van der Waals surface area contributed by atoms with E-state index in [9.17, 15) is 19.7 Å². The lowest BCUT2D eigenvalue weighted by molar-refractivity contribution is -0.384. The van der Waals surface area contributed by atoms with Crippen LogP contribution in [0.3, 0.4) is 0 Å². The summed E-state index contributed by atoms with van der Waals surface area (Å²) in [5.74, 6) is -1.18. The number of allylic oxidation sites excluding steroid dienone is 3. The first kappa shape index (κ1) is 25.6. The van der Waals surface area contributed by atoms with Crippen LogP contribution in [0, 0.1) is 47.6 Å². The Hall–Kier alpha value is -4.72. The summed E-state index contributed by atoms with van der Waals surface area (Å²) in [6, 6.07) is 18.5. The van der Waals surface area contributed by atoms with E-state index in [1.54, 1.807) is 27.2 Å². The van der Waals surface area contributed by atoms with Crippen LogP contribution < -0.4 is 14.4 Å². The van der Waals surface area contributed by atoms with Crippen LogP contribution in [-0.4, -0.2) is 31.0 Å². The van der Waals surface area contributed by atoms with E-state index in [2.05, 4.69) is 0 Å². The molecule has 2 fully saturated rings. The first-order valence-corrected chi connectivity index (χ1v) is 13.1. The second kappa shape index (κ2) is 9.48. The predicted octanol–water partition coefficient (Wildman–Crippen LogP) is 5.65. The number of benzene rings is 3. The number of carbonyl (C=O) groups excluding carboxylic acids is 2. The Kier molecular flexibility index (Phi) is 6.06. The number of nitrogens with zero attached hydrogens (tertiary/aromatic N) is 2. The number of methoxy groups -OCH3 is 2. The van der Waals surface area contributed by atoms with Crippen molar-refractivity contribution in [3.05, 3.63) is 111 Å². The standard InChI is InChI=1S/C32H28N2O6/c1-17-15-25(26(34(37)38)16-18(17)2)33-31(35)29-23-13-14-24(30(29)32(33)36)28(23)27(19-5-9-21(39-3)10-6-19)20-7-11-22(40-4)12-8-20/h5-16,23-24,29-30H,1-4H3/t23-,24-,29+,30+/m1/s1. The van der Waals surface area contributed by atoms with Gasteiger partial charge in [-0.1, -0.05) is 36.4 Å². The summed E-state index contributed by atoms with van der Waals surface area (Å²) in [6.45, 7) is 3.59. The van der Waals surface area contributed by atoms with Crippen LogP contribution in [0.25, 0.3) is 5.57 Å². The molecule has 6 rings (SSSR count).